The minimum absolute atomic E-state index is 0.725. The SMILES string of the molecule is CC[C@@H]1CC(CNC)=CI(C)[C@@H]1C. The number of halogens is 1. The Hall–Kier alpha value is 0.430. The fourth-order valence-electron chi connectivity index (χ4n) is 1.97. The second-order valence-electron chi connectivity index (χ2n) is 3.91. The first kappa shape index (κ1) is 11.5. The monoisotopic (exact) mass is 295 g/mol. The molecule has 1 rings (SSSR count). The van der Waals surface area contributed by atoms with Crippen LogP contribution < -0.4 is 5.32 Å². The van der Waals surface area contributed by atoms with Crippen LogP contribution in [0.15, 0.2) is 9.66 Å². The molecule has 0 fully saturated rings. The van der Waals surface area contributed by atoms with Crippen molar-refractivity contribution in [2.45, 2.75) is 30.6 Å². The molecule has 2 heteroatoms. The standard InChI is InChI=1S/C11H22IN/c1-5-11-6-10(8-13-4)7-12(3)9(11)2/h7,9,11,13H,5-6,8H2,1-4H3/t9-,11-/m1/s1. The second kappa shape index (κ2) is 5.35. The third-order valence-corrected chi connectivity index (χ3v) is 8.95. The number of hydrogen-bond acceptors (Lipinski definition) is 1. The van der Waals surface area contributed by atoms with E-state index in [1.165, 1.54) is 12.8 Å². The molecule has 0 bridgehead atoms. The molecule has 1 heterocycles. The molecule has 1 aliphatic heterocycles. The first-order chi connectivity index (χ1) is 6.19. The first-order valence-corrected chi connectivity index (χ1v) is 9.75. The van der Waals surface area contributed by atoms with Gasteiger partial charge in [0.15, 0.2) is 0 Å². The Balaban J connectivity index is 2.63. The molecule has 0 aromatic carbocycles. The summed E-state index contributed by atoms with van der Waals surface area (Å²) in [5.41, 5.74) is 1.68. The van der Waals surface area contributed by atoms with E-state index < -0.39 is 19.8 Å². The van der Waals surface area contributed by atoms with Crippen LogP contribution in [0.1, 0.15) is 26.7 Å². The van der Waals surface area contributed by atoms with Crippen molar-refractivity contribution < 1.29 is 0 Å². The van der Waals surface area contributed by atoms with E-state index in [2.05, 4.69) is 28.2 Å². The van der Waals surface area contributed by atoms with Crippen LogP contribution in [0.2, 0.25) is 0 Å². The van der Waals surface area contributed by atoms with Crippen LogP contribution in [0.5, 0.6) is 0 Å². The van der Waals surface area contributed by atoms with Gasteiger partial charge in [0.2, 0.25) is 0 Å². The van der Waals surface area contributed by atoms with E-state index >= 15 is 0 Å². The molecular weight excluding hydrogens is 273 g/mol. The maximum atomic E-state index is 3.27. The summed E-state index contributed by atoms with van der Waals surface area (Å²) in [6.07, 6.45) is 2.71. The molecule has 0 amide bonds. The zero-order chi connectivity index (χ0) is 9.84. The van der Waals surface area contributed by atoms with Crippen LogP contribution in [-0.2, 0) is 0 Å². The summed E-state index contributed by atoms with van der Waals surface area (Å²) in [6.45, 7) is 5.92. The van der Waals surface area contributed by atoms with Crippen molar-refractivity contribution in [2.24, 2.45) is 5.92 Å². The molecular formula is C11H22IN. The van der Waals surface area contributed by atoms with Crippen molar-refractivity contribution >= 4 is 19.8 Å². The summed E-state index contributed by atoms with van der Waals surface area (Å²) in [6, 6.07) is 0. The number of hydrogen-bond donors (Lipinski definition) is 1. The molecule has 1 aliphatic rings. The summed E-state index contributed by atoms with van der Waals surface area (Å²) in [5.74, 6) is 0.976. The predicted molar refractivity (Wildman–Crippen MR) is 69.8 cm³/mol. The van der Waals surface area contributed by atoms with Crippen molar-refractivity contribution in [1.29, 1.82) is 0 Å². The van der Waals surface area contributed by atoms with E-state index in [9.17, 15) is 0 Å². The molecule has 2 atom stereocenters. The molecule has 0 unspecified atom stereocenters. The summed E-state index contributed by atoms with van der Waals surface area (Å²) >= 11 is -0.725. The van der Waals surface area contributed by atoms with Crippen LogP contribution in [0.25, 0.3) is 0 Å². The fourth-order valence-corrected chi connectivity index (χ4v) is 6.77. The Morgan fingerprint density at radius 2 is 2.31 bits per heavy atom. The molecule has 1 N–H and O–H groups in total. The van der Waals surface area contributed by atoms with Gasteiger partial charge < -0.3 is 0 Å². The first-order valence-electron chi connectivity index (χ1n) is 5.10. The van der Waals surface area contributed by atoms with E-state index in [4.69, 9.17) is 0 Å². The Bertz CT molecular complexity index is 189. The zero-order valence-corrected chi connectivity index (χ0v) is 11.4. The molecule has 0 aromatic rings. The molecule has 0 saturated heterocycles. The molecule has 1 nitrogen and oxygen atoms in total. The van der Waals surface area contributed by atoms with E-state index in [0.717, 1.165) is 16.4 Å². The average Bonchev–Trinajstić information content (AvgIpc) is 2.11. The Labute approximate surface area is 89.8 Å². The minimum atomic E-state index is -0.725. The summed E-state index contributed by atoms with van der Waals surface area (Å²) in [5, 5.41) is 3.27. The molecule has 0 aromatic heterocycles. The van der Waals surface area contributed by atoms with Crippen LogP contribution in [0, 0.1) is 5.92 Å². The summed E-state index contributed by atoms with van der Waals surface area (Å²) in [4.78, 5) is 2.51. The van der Waals surface area contributed by atoms with Crippen LogP contribution in [0.3, 0.4) is 0 Å². The Kier molecular flexibility index (Phi) is 4.73. The van der Waals surface area contributed by atoms with Gasteiger partial charge in [0.25, 0.3) is 0 Å². The molecule has 0 spiro atoms. The topological polar surface area (TPSA) is 12.0 Å². The third kappa shape index (κ3) is 2.94. The summed E-state index contributed by atoms with van der Waals surface area (Å²) < 4.78 is 3.65. The molecule has 0 aliphatic carbocycles. The zero-order valence-electron chi connectivity index (χ0n) is 9.23. The second-order valence-corrected chi connectivity index (χ2v) is 9.71. The van der Waals surface area contributed by atoms with Crippen LogP contribution >= 0.6 is 19.8 Å². The van der Waals surface area contributed by atoms with Gasteiger partial charge in [0.1, 0.15) is 0 Å². The normalized spacial score (nSPS) is 31.7. The average molecular weight is 295 g/mol. The Morgan fingerprint density at radius 1 is 1.62 bits per heavy atom. The number of alkyl halides is 2. The van der Waals surface area contributed by atoms with Gasteiger partial charge in [-0.2, -0.15) is 0 Å². The third-order valence-electron chi connectivity index (χ3n) is 2.97. The van der Waals surface area contributed by atoms with E-state index in [-0.39, 0.29) is 0 Å². The van der Waals surface area contributed by atoms with Gasteiger partial charge >= 0.3 is 89.8 Å². The van der Waals surface area contributed by atoms with Gasteiger partial charge in [-0.15, -0.1) is 0 Å². The molecule has 0 radical (unpaired) electrons. The molecule has 78 valence electrons. The van der Waals surface area contributed by atoms with Crippen molar-refractivity contribution in [1.82, 2.24) is 5.32 Å². The van der Waals surface area contributed by atoms with E-state index in [1.54, 1.807) is 5.57 Å². The van der Waals surface area contributed by atoms with Crippen LogP contribution in [0.4, 0.5) is 0 Å². The number of nitrogens with one attached hydrogen (secondary N) is 1. The van der Waals surface area contributed by atoms with Crippen molar-refractivity contribution in [3.63, 3.8) is 0 Å². The van der Waals surface area contributed by atoms with Gasteiger partial charge in [-0.3, -0.25) is 0 Å². The van der Waals surface area contributed by atoms with Crippen LogP contribution in [-0.4, -0.2) is 22.4 Å². The molecule has 13 heavy (non-hydrogen) atoms. The van der Waals surface area contributed by atoms with E-state index in [0.29, 0.717) is 0 Å². The Morgan fingerprint density at radius 3 is 2.85 bits per heavy atom. The van der Waals surface area contributed by atoms with Gasteiger partial charge in [-0.05, 0) is 0 Å². The van der Waals surface area contributed by atoms with Crippen molar-refractivity contribution in [3.05, 3.63) is 9.66 Å². The summed E-state index contributed by atoms with van der Waals surface area (Å²) in [7, 11) is 2.05. The van der Waals surface area contributed by atoms with E-state index in [1.807, 2.05) is 7.05 Å². The predicted octanol–water partition coefficient (Wildman–Crippen LogP) is 3.04. The number of rotatable bonds is 3. The van der Waals surface area contributed by atoms with Gasteiger partial charge in [-0.25, -0.2) is 0 Å². The van der Waals surface area contributed by atoms with Crippen molar-refractivity contribution in [2.75, 3.05) is 18.5 Å². The molecule has 0 saturated carbocycles. The fraction of sp³-hybridized carbons (Fsp3) is 0.818. The maximum absolute atomic E-state index is 3.27. The number of likely N-dealkylation sites (N-methyl/N-ethyl adjacent to an activating group) is 1. The van der Waals surface area contributed by atoms with Crippen molar-refractivity contribution in [3.8, 4) is 0 Å². The van der Waals surface area contributed by atoms with Gasteiger partial charge in [0.05, 0.1) is 0 Å². The quantitative estimate of drug-likeness (QED) is 0.623. The van der Waals surface area contributed by atoms with Gasteiger partial charge in [0, 0.05) is 0 Å². The van der Waals surface area contributed by atoms with Gasteiger partial charge in [-0.1, -0.05) is 0 Å².